The number of nitrogens with one attached hydrogen (secondary N) is 1. The highest BCUT2D eigenvalue weighted by atomic mass is 15.4. The lowest BCUT2D eigenvalue weighted by molar-refractivity contribution is 0.211. The van der Waals surface area contributed by atoms with Crippen molar-refractivity contribution >= 4 is 0 Å². The zero-order chi connectivity index (χ0) is 14.6. The summed E-state index contributed by atoms with van der Waals surface area (Å²) in [5.41, 5.74) is 1.04. The van der Waals surface area contributed by atoms with Crippen molar-refractivity contribution in [2.24, 2.45) is 5.92 Å². The van der Waals surface area contributed by atoms with E-state index < -0.39 is 0 Å². The van der Waals surface area contributed by atoms with Crippen LogP contribution in [-0.2, 0) is 12.1 Å². The third-order valence-electron chi connectivity index (χ3n) is 4.10. The maximum absolute atomic E-state index is 4.22. The largest absolute Gasteiger partial charge is 0.311 e. The maximum atomic E-state index is 4.22. The van der Waals surface area contributed by atoms with E-state index in [0.717, 1.165) is 24.7 Å². The lowest BCUT2D eigenvalue weighted by Gasteiger charge is -2.28. The Balaban J connectivity index is 1.65. The van der Waals surface area contributed by atoms with E-state index in [1.807, 2.05) is 10.9 Å². The normalized spacial score (nSPS) is 18.6. The maximum Gasteiger partial charge on any atom is 0.0965 e. The molecule has 0 unspecified atom stereocenters. The van der Waals surface area contributed by atoms with Crippen molar-refractivity contribution in [1.82, 2.24) is 25.2 Å². The predicted molar refractivity (Wildman–Crippen MR) is 81.6 cm³/mol. The van der Waals surface area contributed by atoms with Crippen molar-refractivity contribution in [3.8, 4) is 0 Å². The van der Waals surface area contributed by atoms with Gasteiger partial charge >= 0.3 is 0 Å². The first kappa shape index (κ1) is 15.4. The molecular formula is C15H29N5. The average molecular weight is 279 g/mol. The third kappa shape index (κ3) is 4.56. The van der Waals surface area contributed by atoms with Crippen molar-refractivity contribution in [1.29, 1.82) is 0 Å². The van der Waals surface area contributed by atoms with Gasteiger partial charge in [-0.25, -0.2) is 4.68 Å². The van der Waals surface area contributed by atoms with Crippen LogP contribution in [0.4, 0.5) is 0 Å². The minimum absolute atomic E-state index is 0.0133. The second kappa shape index (κ2) is 6.68. The average Bonchev–Trinajstić information content (AvgIpc) is 2.85. The van der Waals surface area contributed by atoms with Crippen molar-refractivity contribution in [2.45, 2.75) is 52.1 Å². The summed E-state index contributed by atoms with van der Waals surface area (Å²) in [5, 5.41) is 11.9. The number of hydrogen-bond donors (Lipinski definition) is 1. The quantitative estimate of drug-likeness (QED) is 0.836. The zero-order valence-corrected chi connectivity index (χ0v) is 13.4. The molecule has 2 rings (SSSR count). The molecule has 0 aromatic carbocycles. The van der Waals surface area contributed by atoms with Crippen molar-refractivity contribution in [3.63, 3.8) is 0 Å². The second-order valence-corrected chi connectivity index (χ2v) is 7.04. The highest BCUT2D eigenvalue weighted by Crippen LogP contribution is 2.18. The van der Waals surface area contributed by atoms with Crippen LogP contribution in [-0.4, -0.2) is 46.6 Å². The molecule has 1 fully saturated rings. The van der Waals surface area contributed by atoms with E-state index >= 15 is 0 Å². The first-order valence-corrected chi connectivity index (χ1v) is 7.76. The molecule has 2 heterocycles. The molecule has 5 nitrogen and oxygen atoms in total. The van der Waals surface area contributed by atoms with Crippen LogP contribution < -0.4 is 5.32 Å². The predicted octanol–water partition coefficient (Wildman–Crippen LogP) is 1.85. The van der Waals surface area contributed by atoms with Gasteiger partial charge in [0.2, 0.25) is 0 Å². The van der Waals surface area contributed by atoms with Gasteiger partial charge in [0.15, 0.2) is 0 Å². The van der Waals surface area contributed by atoms with Gasteiger partial charge in [0.05, 0.1) is 17.4 Å². The molecule has 0 saturated carbocycles. The van der Waals surface area contributed by atoms with Crippen LogP contribution >= 0.6 is 0 Å². The third-order valence-corrected chi connectivity index (χ3v) is 4.10. The van der Waals surface area contributed by atoms with Gasteiger partial charge in [-0.15, -0.1) is 5.10 Å². The zero-order valence-electron chi connectivity index (χ0n) is 13.4. The van der Waals surface area contributed by atoms with E-state index in [1.54, 1.807) is 0 Å². The van der Waals surface area contributed by atoms with Crippen LogP contribution in [0, 0.1) is 5.92 Å². The summed E-state index contributed by atoms with van der Waals surface area (Å²) in [6.45, 7) is 10.8. The molecule has 0 bridgehead atoms. The molecule has 0 amide bonds. The summed E-state index contributed by atoms with van der Waals surface area (Å²) in [5.74, 6) is 0.893. The minimum Gasteiger partial charge on any atom is -0.311 e. The Labute approximate surface area is 122 Å². The standard InChI is InChI=1S/C15H29N5/c1-15(2,3)20-12-14(17-18-20)11-16-8-5-13-6-9-19(4)10-7-13/h12-13,16H,5-11H2,1-4H3. The highest BCUT2D eigenvalue weighted by molar-refractivity contribution is 4.94. The van der Waals surface area contributed by atoms with E-state index in [4.69, 9.17) is 0 Å². The lowest BCUT2D eigenvalue weighted by atomic mass is 9.94. The number of hydrogen-bond acceptors (Lipinski definition) is 4. The molecule has 1 N–H and O–H groups in total. The molecule has 114 valence electrons. The van der Waals surface area contributed by atoms with Crippen LogP contribution in [0.5, 0.6) is 0 Å². The summed E-state index contributed by atoms with van der Waals surface area (Å²) in [6, 6.07) is 0. The van der Waals surface area contributed by atoms with E-state index in [9.17, 15) is 0 Å². The minimum atomic E-state index is 0.0133. The summed E-state index contributed by atoms with van der Waals surface area (Å²) in [6.07, 6.45) is 6.01. The van der Waals surface area contributed by atoms with Gasteiger partial charge in [-0.2, -0.15) is 0 Å². The van der Waals surface area contributed by atoms with E-state index in [2.05, 4.69) is 48.3 Å². The molecule has 5 heteroatoms. The van der Waals surface area contributed by atoms with Crippen LogP contribution in [0.25, 0.3) is 0 Å². The fraction of sp³-hybridized carbons (Fsp3) is 0.867. The Bertz CT molecular complexity index is 399. The number of aromatic nitrogens is 3. The Morgan fingerprint density at radius 3 is 2.60 bits per heavy atom. The lowest BCUT2D eigenvalue weighted by Crippen LogP contribution is -2.31. The molecule has 0 spiro atoms. The number of nitrogens with zero attached hydrogens (tertiary/aromatic N) is 4. The molecule has 20 heavy (non-hydrogen) atoms. The van der Waals surface area contributed by atoms with Gasteiger partial charge in [0, 0.05) is 6.54 Å². The molecule has 0 aliphatic carbocycles. The van der Waals surface area contributed by atoms with Crippen LogP contribution in [0.3, 0.4) is 0 Å². The molecule has 0 radical (unpaired) electrons. The van der Waals surface area contributed by atoms with Gasteiger partial charge < -0.3 is 10.2 Å². The van der Waals surface area contributed by atoms with E-state index in [-0.39, 0.29) is 5.54 Å². The van der Waals surface area contributed by atoms with Crippen LogP contribution in [0.15, 0.2) is 6.20 Å². The number of piperidine rings is 1. The summed E-state index contributed by atoms with van der Waals surface area (Å²) in [4.78, 5) is 2.43. The Kier molecular flexibility index (Phi) is 5.16. The van der Waals surface area contributed by atoms with Crippen LogP contribution in [0.2, 0.25) is 0 Å². The highest BCUT2D eigenvalue weighted by Gasteiger charge is 2.16. The SMILES string of the molecule is CN1CCC(CCNCc2cn(C(C)(C)C)nn2)CC1. The van der Waals surface area contributed by atoms with E-state index in [0.29, 0.717) is 0 Å². The van der Waals surface area contributed by atoms with E-state index in [1.165, 1.54) is 32.4 Å². The smallest absolute Gasteiger partial charge is 0.0965 e. The Morgan fingerprint density at radius 1 is 1.30 bits per heavy atom. The monoisotopic (exact) mass is 279 g/mol. The van der Waals surface area contributed by atoms with Gasteiger partial charge in [-0.1, -0.05) is 5.21 Å². The molecule has 0 atom stereocenters. The van der Waals surface area contributed by atoms with Gasteiger partial charge in [-0.3, -0.25) is 0 Å². The van der Waals surface area contributed by atoms with Gasteiger partial charge in [-0.05, 0) is 72.6 Å². The fourth-order valence-corrected chi connectivity index (χ4v) is 2.58. The van der Waals surface area contributed by atoms with Gasteiger partial charge in [0.25, 0.3) is 0 Å². The molecule has 1 aliphatic heterocycles. The molecule has 1 aromatic heterocycles. The number of likely N-dealkylation sites (tertiary alicyclic amines) is 1. The topological polar surface area (TPSA) is 46.0 Å². The van der Waals surface area contributed by atoms with Crippen molar-refractivity contribution in [2.75, 3.05) is 26.7 Å². The summed E-state index contributed by atoms with van der Waals surface area (Å²) in [7, 11) is 2.22. The van der Waals surface area contributed by atoms with Crippen LogP contribution in [0.1, 0.15) is 45.7 Å². The number of rotatable bonds is 5. The van der Waals surface area contributed by atoms with Crippen molar-refractivity contribution in [3.05, 3.63) is 11.9 Å². The Hall–Kier alpha value is -0.940. The summed E-state index contributed by atoms with van der Waals surface area (Å²) >= 11 is 0. The Morgan fingerprint density at radius 2 is 2.00 bits per heavy atom. The molecule has 1 saturated heterocycles. The summed E-state index contributed by atoms with van der Waals surface area (Å²) < 4.78 is 1.93. The first-order chi connectivity index (χ1) is 9.45. The molecular weight excluding hydrogens is 250 g/mol. The second-order valence-electron chi connectivity index (χ2n) is 7.04. The fourth-order valence-electron chi connectivity index (χ4n) is 2.58. The van der Waals surface area contributed by atoms with Gasteiger partial charge in [0.1, 0.15) is 0 Å². The first-order valence-electron chi connectivity index (χ1n) is 7.76. The van der Waals surface area contributed by atoms with Crippen molar-refractivity contribution < 1.29 is 0 Å². The molecule has 1 aliphatic rings. The molecule has 1 aromatic rings.